The molecule has 3 aromatic rings. The molecule has 0 aliphatic carbocycles. The van der Waals surface area contributed by atoms with Crippen molar-refractivity contribution in [2.45, 2.75) is 45.5 Å². The summed E-state index contributed by atoms with van der Waals surface area (Å²) >= 11 is 0. The zero-order chi connectivity index (χ0) is 32.7. The highest BCUT2D eigenvalue weighted by atomic mass is 19.4. The zero-order valence-electron chi connectivity index (χ0n) is 26.4. The maximum absolute atomic E-state index is 13.2. The van der Waals surface area contributed by atoms with Gasteiger partial charge in [0.2, 0.25) is 0 Å². The highest BCUT2D eigenvalue weighted by molar-refractivity contribution is 6.04. The van der Waals surface area contributed by atoms with E-state index in [4.69, 9.17) is 5.10 Å². The number of carbonyl (C=O) groups excluding carboxylic acids is 1. The van der Waals surface area contributed by atoms with E-state index in [0.717, 1.165) is 49.3 Å². The Labute approximate surface area is 262 Å². The lowest BCUT2D eigenvalue weighted by atomic mass is 10.0. The van der Waals surface area contributed by atoms with Crippen LogP contribution in [0.3, 0.4) is 0 Å². The van der Waals surface area contributed by atoms with Gasteiger partial charge in [-0.15, -0.1) is 0 Å². The van der Waals surface area contributed by atoms with Crippen molar-refractivity contribution in [3.05, 3.63) is 89.3 Å². The lowest BCUT2D eigenvalue weighted by Crippen LogP contribution is -2.41. The van der Waals surface area contributed by atoms with Gasteiger partial charge in [-0.3, -0.25) is 9.69 Å². The van der Waals surface area contributed by atoms with E-state index >= 15 is 0 Å². The molecule has 3 N–H and O–H groups in total. The van der Waals surface area contributed by atoms with Crippen molar-refractivity contribution in [3.63, 3.8) is 0 Å². The summed E-state index contributed by atoms with van der Waals surface area (Å²) in [5, 5.41) is 14.1. The molecule has 1 amide bonds. The first kappa shape index (κ1) is 33.5. The molecule has 240 valence electrons. The van der Waals surface area contributed by atoms with Crippen molar-refractivity contribution in [3.8, 4) is 0 Å². The summed E-state index contributed by atoms with van der Waals surface area (Å²) in [4.78, 5) is 22.1. The Bertz CT molecular complexity index is 1570. The van der Waals surface area contributed by atoms with Gasteiger partial charge in [0.1, 0.15) is 5.82 Å². The number of amides is 1. The van der Waals surface area contributed by atoms with E-state index in [-0.39, 0.29) is 5.56 Å². The molecule has 0 atom stereocenters. The van der Waals surface area contributed by atoms with Gasteiger partial charge in [-0.2, -0.15) is 23.0 Å². The van der Waals surface area contributed by atoms with E-state index in [0.29, 0.717) is 41.3 Å². The summed E-state index contributed by atoms with van der Waals surface area (Å²) in [5.41, 5.74) is 2.51. The van der Waals surface area contributed by atoms with Gasteiger partial charge >= 0.3 is 6.18 Å². The molecular weight excluding hydrogens is 581 g/mol. The highest BCUT2D eigenvalue weighted by Gasteiger charge is 2.31. The molecule has 0 unspecified atom stereocenters. The number of alkyl halides is 3. The van der Waals surface area contributed by atoms with Gasteiger partial charge in [0.15, 0.2) is 5.82 Å². The first-order chi connectivity index (χ1) is 21.4. The minimum Gasteiger partial charge on any atom is -0.388 e. The van der Waals surface area contributed by atoms with Crippen LogP contribution < -0.4 is 16.0 Å². The number of halogens is 3. The summed E-state index contributed by atoms with van der Waals surface area (Å²) in [6.07, 6.45) is 1.10. The van der Waals surface area contributed by atoms with Crippen LogP contribution in [0.15, 0.2) is 71.9 Å². The van der Waals surface area contributed by atoms with Crippen molar-refractivity contribution in [2.75, 3.05) is 44.9 Å². The summed E-state index contributed by atoms with van der Waals surface area (Å²) in [7, 11) is 6.04. The van der Waals surface area contributed by atoms with E-state index in [2.05, 4.69) is 51.4 Å². The minimum atomic E-state index is -4.55. The maximum Gasteiger partial charge on any atom is 0.416 e. The number of aliphatic imine (C=N–C) groups is 1. The predicted octanol–water partition coefficient (Wildman–Crippen LogP) is 6.35. The summed E-state index contributed by atoms with van der Waals surface area (Å²) < 4.78 is 41.3. The number of allylic oxidation sites excluding steroid dienone is 1. The Kier molecular flexibility index (Phi) is 10.8. The average molecular weight is 623 g/mol. The average Bonchev–Trinajstić information content (AvgIpc) is 3.40. The van der Waals surface area contributed by atoms with E-state index in [1.165, 1.54) is 12.1 Å². The Morgan fingerprint density at radius 2 is 1.91 bits per heavy atom. The van der Waals surface area contributed by atoms with Crippen LogP contribution in [0.1, 0.15) is 46.9 Å². The second-order valence-electron chi connectivity index (χ2n) is 11.2. The zero-order valence-corrected chi connectivity index (χ0v) is 26.4. The van der Waals surface area contributed by atoms with E-state index in [1.54, 1.807) is 36.2 Å². The molecule has 1 aliphatic rings. The number of hydrogen-bond acceptors (Lipinski definition) is 7. The number of likely N-dealkylation sites (tertiary alicyclic amines) is 1. The Balaban J connectivity index is 1.63. The second kappa shape index (κ2) is 14.6. The molecule has 45 heavy (non-hydrogen) atoms. The predicted molar refractivity (Wildman–Crippen MR) is 175 cm³/mol. The quantitative estimate of drug-likeness (QED) is 0.171. The van der Waals surface area contributed by atoms with Crippen molar-refractivity contribution >= 4 is 35.1 Å². The number of benzene rings is 2. The third kappa shape index (κ3) is 8.83. The molecule has 1 saturated heterocycles. The van der Waals surface area contributed by atoms with Gasteiger partial charge in [-0.1, -0.05) is 18.7 Å². The lowest BCUT2D eigenvalue weighted by Gasteiger charge is -2.34. The number of nitrogens with zero attached hydrogens (tertiary/aromatic N) is 5. The van der Waals surface area contributed by atoms with Crippen LogP contribution in [0.5, 0.6) is 0 Å². The van der Waals surface area contributed by atoms with E-state index < -0.39 is 17.6 Å². The molecule has 0 radical (unpaired) electrons. The molecule has 1 aliphatic heterocycles. The van der Waals surface area contributed by atoms with Crippen LogP contribution in [-0.2, 0) is 12.7 Å². The number of likely N-dealkylation sites (N-methyl/N-ethyl adjacent to an activating group) is 1. The molecule has 1 aromatic heterocycles. The van der Waals surface area contributed by atoms with Crippen LogP contribution in [0.4, 0.5) is 30.4 Å². The number of aryl methyl sites for hydroxylation is 1. The second-order valence-corrected chi connectivity index (χ2v) is 11.2. The van der Waals surface area contributed by atoms with Gasteiger partial charge in [0, 0.05) is 60.6 Å². The van der Waals surface area contributed by atoms with Crippen LogP contribution in [0.25, 0.3) is 5.82 Å². The Morgan fingerprint density at radius 3 is 2.58 bits per heavy atom. The fourth-order valence-corrected chi connectivity index (χ4v) is 5.12. The summed E-state index contributed by atoms with van der Waals surface area (Å²) in [6.45, 7) is 10.5. The van der Waals surface area contributed by atoms with Gasteiger partial charge in [-0.05, 0) is 89.8 Å². The van der Waals surface area contributed by atoms with Crippen LogP contribution >= 0.6 is 0 Å². The molecule has 0 bridgehead atoms. The van der Waals surface area contributed by atoms with Crippen LogP contribution in [-0.4, -0.2) is 72.0 Å². The van der Waals surface area contributed by atoms with Crippen molar-refractivity contribution in [2.24, 2.45) is 4.99 Å². The molecule has 0 spiro atoms. The SMILES string of the molecule is C=C(/C=C(\N=CC)n1nc(CN(C)C2CCN(C)CC2)cc1Nc1cc(NC(=O)c2cccc(C(F)(F)F)c2)ccc1C)NC. The largest absolute Gasteiger partial charge is 0.416 e. The number of piperidine rings is 1. The lowest BCUT2D eigenvalue weighted by molar-refractivity contribution is -0.137. The number of anilines is 3. The fraction of sp³-hybridized carbons (Fsp3) is 0.364. The summed E-state index contributed by atoms with van der Waals surface area (Å²) in [6, 6.07) is 12.0. The topological polar surface area (TPSA) is 89.8 Å². The number of hydrogen-bond donors (Lipinski definition) is 3. The first-order valence-corrected chi connectivity index (χ1v) is 14.8. The van der Waals surface area contributed by atoms with Gasteiger partial charge in [-0.25, -0.2) is 4.99 Å². The van der Waals surface area contributed by atoms with Crippen LogP contribution in [0.2, 0.25) is 0 Å². The molecular formula is C33H41F3N8O. The van der Waals surface area contributed by atoms with E-state index in [1.807, 2.05) is 26.0 Å². The molecule has 0 saturated carbocycles. The van der Waals surface area contributed by atoms with Gasteiger partial charge < -0.3 is 20.9 Å². The smallest absolute Gasteiger partial charge is 0.388 e. The molecule has 12 heteroatoms. The van der Waals surface area contributed by atoms with Crippen LogP contribution in [0, 0.1) is 6.92 Å². The van der Waals surface area contributed by atoms with E-state index in [9.17, 15) is 18.0 Å². The number of nitrogens with one attached hydrogen (secondary N) is 3. The normalized spacial score (nSPS) is 15.1. The molecule has 2 aromatic carbocycles. The first-order valence-electron chi connectivity index (χ1n) is 14.8. The maximum atomic E-state index is 13.2. The molecule has 9 nitrogen and oxygen atoms in total. The number of carbonyl (C=O) groups is 1. The van der Waals surface area contributed by atoms with Gasteiger partial charge in [0.05, 0.1) is 11.3 Å². The van der Waals surface area contributed by atoms with Crippen molar-refractivity contribution < 1.29 is 18.0 Å². The monoisotopic (exact) mass is 622 g/mol. The number of rotatable bonds is 11. The third-order valence-electron chi connectivity index (χ3n) is 7.80. The number of aromatic nitrogens is 2. The standard InChI is InChI=1S/C33H41F3N8O/c1-7-38-30(17-23(3)37-4)44-31(20-27(41-44)21-43(6)28-13-15-42(5)16-14-28)40-29-19-26(12-11-22(29)2)39-32(45)24-9-8-10-25(18-24)33(34,35)36/h7-12,17-20,28,37,40H,3,13-16,21H2,1-2,4-6H3,(H,39,45)/b30-17+,38-7?. The molecule has 2 heterocycles. The van der Waals surface area contributed by atoms with Gasteiger partial charge in [0.25, 0.3) is 5.91 Å². The minimum absolute atomic E-state index is 0.0895. The van der Waals surface area contributed by atoms with Crippen molar-refractivity contribution in [1.82, 2.24) is 24.9 Å². The Morgan fingerprint density at radius 1 is 1.18 bits per heavy atom. The molecule has 1 fully saturated rings. The Hall–Kier alpha value is -4.42. The fourth-order valence-electron chi connectivity index (χ4n) is 5.12. The van der Waals surface area contributed by atoms with Crippen molar-refractivity contribution in [1.29, 1.82) is 0 Å². The molecule has 4 rings (SSSR count). The highest BCUT2D eigenvalue weighted by Crippen LogP contribution is 2.31. The third-order valence-corrected chi connectivity index (χ3v) is 7.80. The summed E-state index contributed by atoms with van der Waals surface area (Å²) in [5.74, 6) is 0.541.